The van der Waals surface area contributed by atoms with Crippen LogP contribution in [-0.2, 0) is 4.79 Å². The minimum Gasteiger partial charge on any atom is -0.350 e. The van der Waals surface area contributed by atoms with E-state index in [4.69, 9.17) is 35.4 Å². The van der Waals surface area contributed by atoms with E-state index in [0.29, 0.717) is 20.8 Å². The zero-order valence-electron chi connectivity index (χ0n) is 17.4. The van der Waals surface area contributed by atoms with Gasteiger partial charge in [0.25, 0.3) is 0 Å². The molecule has 0 aromatic heterocycles. The summed E-state index contributed by atoms with van der Waals surface area (Å²) in [7, 11) is 0. The van der Waals surface area contributed by atoms with Crippen molar-refractivity contribution in [3.8, 4) is 0 Å². The normalized spacial score (nSPS) is 17.5. The first-order valence-electron chi connectivity index (χ1n) is 10.0. The van der Waals surface area contributed by atoms with Crippen molar-refractivity contribution >= 4 is 52.1 Å². The van der Waals surface area contributed by atoms with Gasteiger partial charge in [-0.15, -0.1) is 0 Å². The molecule has 1 saturated heterocycles. The van der Waals surface area contributed by atoms with E-state index < -0.39 is 6.04 Å². The largest absolute Gasteiger partial charge is 0.350 e. The monoisotopic (exact) mass is 463 g/mol. The molecule has 0 aliphatic carbocycles. The van der Waals surface area contributed by atoms with Crippen LogP contribution in [0.2, 0.25) is 10.0 Å². The Morgan fingerprint density at radius 2 is 1.77 bits per heavy atom. The molecule has 2 aromatic rings. The maximum atomic E-state index is 13.6. The zero-order valence-corrected chi connectivity index (χ0v) is 19.7. The Kier molecular flexibility index (Phi) is 7.27. The highest BCUT2D eigenvalue weighted by Gasteiger charge is 2.39. The number of rotatable bonds is 4. The molecule has 4 nitrogen and oxygen atoms in total. The number of halogens is 2. The number of carbonyl (C=O) groups is 1. The second-order valence-electron chi connectivity index (χ2n) is 8.66. The van der Waals surface area contributed by atoms with Crippen LogP contribution in [0, 0.1) is 5.41 Å². The van der Waals surface area contributed by atoms with E-state index in [1.54, 1.807) is 18.2 Å². The minimum atomic E-state index is -0.475. The molecule has 30 heavy (non-hydrogen) atoms. The molecule has 1 aliphatic rings. The van der Waals surface area contributed by atoms with Gasteiger partial charge in [-0.3, -0.25) is 4.79 Å². The zero-order chi connectivity index (χ0) is 21.9. The number of carbonyl (C=O) groups excluding carboxylic acids is 1. The first-order chi connectivity index (χ1) is 14.1. The van der Waals surface area contributed by atoms with Crippen molar-refractivity contribution in [2.45, 2.75) is 45.7 Å². The molecule has 0 spiro atoms. The van der Waals surface area contributed by atoms with Crippen molar-refractivity contribution in [2.75, 3.05) is 11.9 Å². The van der Waals surface area contributed by atoms with Gasteiger partial charge in [-0.1, -0.05) is 74.3 Å². The summed E-state index contributed by atoms with van der Waals surface area (Å²) in [6.07, 6.45) is 1.96. The molecule has 160 valence electrons. The number of likely N-dealkylation sites (tertiary alicyclic amines) is 1. The third-order valence-corrected chi connectivity index (χ3v) is 5.89. The van der Waals surface area contributed by atoms with Crippen LogP contribution in [0.25, 0.3) is 0 Å². The summed E-state index contributed by atoms with van der Waals surface area (Å²) in [5.41, 5.74) is 1.51. The molecule has 0 saturated carbocycles. The maximum Gasteiger partial charge on any atom is 0.246 e. The van der Waals surface area contributed by atoms with E-state index in [2.05, 4.69) is 22.8 Å². The second kappa shape index (κ2) is 9.54. The molecular formula is C23H27Cl2N3OS. The fourth-order valence-corrected chi connectivity index (χ4v) is 4.55. The fourth-order valence-electron chi connectivity index (χ4n) is 3.79. The van der Waals surface area contributed by atoms with Gasteiger partial charge in [0.2, 0.25) is 5.91 Å². The molecule has 1 fully saturated rings. The molecular weight excluding hydrogens is 437 g/mol. The van der Waals surface area contributed by atoms with Crippen molar-refractivity contribution in [1.29, 1.82) is 0 Å². The average molecular weight is 464 g/mol. The van der Waals surface area contributed by atoms with Gasteiger partial charge in [0.1, 0.15) is 6.04 Å². The quantitative estimate of drug-likeness (QED) is 0.540. The Morgan fingerprint density at radius 1 is 1.13 bits per heavy atom. The Bertz CT molecular complexity index is 894. The maximum absolute atomic E-state index is 13.6. The van der Waals surface area contributed by atoms with E-state index in [1.807, 2.05) is 43.9 Å². The summed E-state index contributed by atoms with van der Waals surface area (Å²) in [6, 6.07) is 15.0. The summed E-state index contributed by atoms with van der Waals surface area (Å²) in [6.45, 7) is 6.86. The molecule has 3 rings (SSSR count). The number of anilines is 1. The highest BCUT2D eigenvalue weighted by molar-refractivity contribution is 7.80. The Labute approximate surface area is 193 Å². The predicted molar refractivity (Wildman–Crippen MR) is 129 cm³/mol. The number of hydrogen-bond acceptors (Lipinski definition) is 2. The van der Waals surface area contributed by atoms with Crippen LogP contribution in [0.3, 0.4) is 0 Å². The summed E-state index contributed by atoms with van der Waals surface area (Å²) in [5.74, 6) is 0.0575. The first kappa shape index (κ1) is 22.9. The Morgan fingerprint density at radius 3 is 2.37 bits per heavy atom. The summed E-state index contributed by atoms with van der Waals surface area (Å²) >= 11 is 17.7. The summed E-state index contributed by atoms with van der Waals surface area (Å²) in [5, 5.41) is 7.72. The lowest BCUT2D eigenvalue weighted by atomic mass is 9.85. The van der Waals surface area contributed by atoms with E-state index >= 15 is 0 Å². The van der Waals surface area contributed by atoms with Gasteiger partial charge in [0.05, 0.1) is 6.04 Å². The van der Waals surface area contributed by atoms with Crippen molar-refractivity contribution in [2.24, 2.45) is 5.41 Å². The van der Waals surface area contributed by atoms with Crippen LogP contribution >= 0.6 is 35.4 Å². The van der Waals surface area contributed by atoms with Crippen molar-refractivity contribution < 1.29 is 4.79 Å². The fraction of sp³-hybridized carbons (Fsp3) is 0.391. The van der Waals surface area contributed by atoms with Gasteiger partial charge >= 0.3 is 0 Å². The van der Waals surface area contributed by atoms with Crippen molar-refractivity contribution in [1.82, 2.24) is 10.2 Å². The number of nitrogens with zero attached hydrogens (tertiary/aromatic N) is 1. The van der Waals surface area contributed by atoms with E-state index in [1.165, 1.54) is 5.56 Å². The molecule has 0 radical (unpaired) electrons. The lowest BCUT2D eigenvalue weighted by molar-refractivity contribution is -0.136. The SMILES string of the molecule is CC(C)(C)[C@H](NC(=S)Nc1cc(Cl)cc(Cl)c1)C(=O)N1CCC[C@@H]1c1ccccc1. The van der Waals surface area contributed by atoms with Gasteiger partial charge in [-0.05, 0) is 54.2 Å². The third kappa shape index (κ3) is 5.65. The van der Waals surface area contributed by atoms with Gasteiger partial charge in [0, 0.05) is 22.3 Å². The van der Waals surface area contributed by atoms with Crippen molar-refractivity contribution in [3.05, 3.63) is 64.1 Å². The average Bonchev–Trinajstić information content (AvgIpc) is 3.14. The minimum absolute atomic E-state index is 0.0575. The van der Waals surface area contributed by atoms with Crippen LogP contribution in [0.4, 0.5) is 5.69 Å². The summed E-state index contributed by atoms with van der Waals surface area (Å²) < 4.78 is 0. The molecule has 1 heterocycles. The van der Waals surface area contributed by atoms with E-state index in [0.717, 1.165) is 19.4 Å². The van der Waals surface area contributed by atoms with Crippen LogP contribution in [0.1, 0.15) is 45.2 Å². The van der Waals surface area contributed by atoms with E-state index in [9.17, 15) is 4.79 Å². The molecule has 2 aromatic carbocycles. The van der Waals surface area contributed by atoms with Crippen LogP contribution in [-0.4, -0.2) is 28.5 Å². The molecule has 7 heteroatoms. The topological polar surface area (TPSA) is 44.4 Å². The lowest BCUT2D eigenvalue weighted by Gasteiger charge is -2.36. The smallest absolute Gasteiger partial charge is 0.246 e. The molecule has 1 amide bonds. The molecule has 0 bridgehead atoms. The Hall–Kier alpha value is -1.82. The van der Waals surface area contributed by atoms with Crippen LogP contribution in [0.5, 0.6) is 0 Å². The molecule has 1 aliphatic heterocycles. The third-order valence-electron chi connectivity index (χ3n) is 5.23. The van der Waals surface area contributed by atoms with E-state index in [-0.39, 0.29) is 17.4 Å². The van der Waals surface area contributed by atoms with Gasteiger partial charge in [-0.25, -0.2) is 0 Å². The second-order valence-corrected chi connectivity index (χ2v) is 9.94. The molecule has 0 unspecified atom stereocenters. The molecule has 2 atom stereocenters. The van der Waals surface area contributed by atoms with Crippen molar-refractivity contribution in [3.63, 3.8) is 0 Å². The van der Waals surface area contributed by atoms with Gasteiger partial charge in [0.15, 0.2) is 5.11 Å². The standard InChI is InChI=1S/C23H27Cl2N3OS/c1-23(2,3)20(27-22(30)26-18-13-16(24)12-17(25)14-18)21(29)28-11-7-10-19(28)15-8-5-4-6-9-15/h4-6,8-9,12-14,19-20H,7,10-11H2,1-3H3,(H2,26,27,30)/t19-,20-/m1/s1. The molecule has 2 N–H and O–H groups in total. The highest BCUT2D eigenvalue weighted by atomic mass is 35.5. The van der Waals surface area contributed by atoms with Gasteiger partial charge < -0.3 is 15.5 Å². The van der Waals surface area contributed by atoms with Crippen LogP contribution < -0.4 is 10.6 Å². The number of amides is 1. The number of nitrogens with one attached hydrogen (secondary N) is 2. The van der Waals surface area contributed by atoms with Gasteiger partial charge in [-0.2, -0.15) is 0 Å². The highest BCUT2D eigenvalue weighted by Crippen LogP contribution is 2.34. The lowest BCUT2D eigenvalue weighted by Crippen LogP contribution is -2.55. The number of thiocarbonyl (C=S) groups is 1. The van der Waals surface area contributed by atoms with Crippen LogP contribution in [0.15, 0.2) is 48.5 Å². The predicted octanol–water partition coefficient (Wildman–Crippen LogP) is 6.06. The first-order valence-corrected chi connectivity index (χ1v) is 11.2. The number of benzene rings is 2. The Balaban J connectivity index is 1.76. The number of hydrogen-bond donors (Lipinski definition) is 2. The summed E-state index contributed by atoms with van der Waals surface area (Å²) in [4.78, 5) is 15.6.